The molecule has 0 aliphatic carbocycles. The van der Waals surface area contributed by atoms with E-state index in [1.807, 2.05) is 6.92 Å². The van der Waals surface area contributed by atoms with Crippen LogP contribution in [0.4, 0.5) is 0 Å². The molecule has 102 valence electrons. The van der Waals surface area contributed by atoms with Gasteiger partial charge in [0.25, 0.3) is 0 Å². The summed E-state index contributed by atoms with van der Waals surface area (Å²) in [6.07, 6.45) is 0. The molecule has 0 aromatic heterocycles. The first-order chi connectivity index (χ1) is 8.27. The Bertz CT molecular complexity index is 190. The molecule has 0 spiro atoms. The van der Waals surface area contributed by atoms with Crippen molar-refractivity contribution in [1.82, 2.24) is 9.80 Å². The van der Waals surface area contributed by atoms with Crippen molar-refractivity contribution in [2.24, 2.45) is 0 Å². The summed E-state index contributed by atoms with van der Waals surface area (Å²) < 4.78 is 10.8. The molecular weight excluding hydrogens is 216 g/mol. The summed E-state index contributed by atoms with van der Waals surface area (Å²) in [6.45, 7) is 15.4. The monoisotopic (exact) mass is 244 g/mol. The Hall–Kier alpha value is -0.160. The third-order valence-electron chi connectivity index (χ3n) is 3.33. The van der Waals surface area contributed by atoms with Gasteiger partial charge in [-0.15, -0.1) is 0 Å². The average Bonchev–Trinajstić information content (AvgIpc) is 2.32. The van der Waals surface area contributed by atoms with Crippen LogP contribution in [0.3, 0.4) is 0 Å². The Morgan fingerprint density at radius 1 is 1.00 bits per heavy atom. The van der Waals surface area contributed by atoms with E-state index in [0.717, 1.165) is 59.2 Å². The lowest BCUT2D eigenvalue weighted by Crippen LogP contribution is -2.53. The number of hydrogen-bond acceptors (Lipinski definition) is 4. The van der Waals surface area contributed by atoms with Gasteiger partial charge in [-0.25, -0.2) is 0 Å². The second-order valence-electron chi connectivity index (χ2n) is 4.58. The fraction of sp³-hybridized carbons (Fsp3) is 1.00. The highest BCUT2D eigenvalue weighted by Gasteiger charge is 2.22. The quantitative estimate of drug-likeness (QED) is 0.596. The van der Waals surface area contributed by atoms with E-state index < -0.39 is 0 Å². The predicted molar refractivity (Wildman–Crippen MR) is 70.5 cm³/mol. The second kappa shape index (κ2) is 8.86. The van der Waals surface area contributed by atoms with Gasteiger partial charge in [-0.05, 0) is 20.8 Å². The molecule has 1 heterocycles. The van der Waals surface area contributed by atoms with Crippen molar-refractivity contribution in [3.8, 4) is 0 Å². The Morgan fingerprint density at radius 3 is 2.24 bits per heavy atom. The minimum atomic E-state index is 0.630. The molecule has 0 bridgehead atoms. The maximum Gasteiger partial charge on any atom is 0.0593 e. The van der Waals surface area contributed by atoms with Gasteiger partial charge in [-0.1, -0.05) is 0 Å². The summed E-state index contributed by atoms with van der Waals surface area (Å²) in [7, 11) is 0. The molecule has 17 heavy (non-hydrogen) atoms. The van der Waals surface area contributed by atoms with Crippen LogP contribution >= 0.6 is 0 Å². The Morgan fingerprint density at radius 2 is 1.65 bits per heavy atom. The van der Waals surface area contributed by atoms with Crippen LogP contribution in [0.1, 0.15) is 20.8 Å². The molecule has 0 unspecified atom stereocenters. The zero-order valence-corrected chi connectivity index (χ0v) is 11.7. The molecular formula is C13H28N2O2. The molecule has 0 aromatic rings. The maximum absolute atomic E-state index is 5.42. The van der Waals surface area contributed by atoms with Crippen molar-refractivity contribution < 1.29 is 9.47 Å². The van der Waals surface area contributed by atoms with E-state index in [0.29, 0.717) is 6.04 Å². The average molecular weight is 244 g/mol. The third-order valence-corrected chi connectivity index (χ3v) is 3.33. The van der Waals surface area contributed by atoms with Gasteiger partial charge in [-0.2, -0.15) is 0 Å². The first-order valence-electron chi connectivity index (χ1n) is 6.89. The van der Waals surface area contributed by atoms with Crippen molar-refractivity contribution in [3.05, 3.63) is 0 Å². The van der Waals surface area contributed by atoms with Crippen molar-refractivity contribution in [3.63, 3.8) is 0 Å². The lowest BCUT2D eigenvalue weighted by molar-refractivity contribution is 0.0348. The predicted octanol–water partition coefficient (Wildman–Crippen LogP) is 1.07. The highest BCUT2D eigenvalue weighted by molar-refractivity contribution is 4.78. The van der Waals surface area contributed by atoms with Gasteiger partial charge in [0.05, 0.1) is 13.2 Å². The Kier molecular flexibility index (Phi) is 7.77. The van der Waals surface area contributed by atoms with Crippen LogP contribution in [0.2, 0.25) is 0 Å². The van der Waals surface area contributed by atoms with Crippen LogP contribution in [-0.2, 0) is 9.47 Å². The molecule has 1 aliphatic rings. The van der Waals surface area contributed by atoms with Gasteiger partial charge in [-0.3, -0.25) is 9.80 Å². The van der Waals surface area contributed by atoms with Gasteiger partial charge in [0.1, 0.15) is 0 Å². The smallest absolute Gasteiger partial charge is 0.0593 e. The number of nitrogens with zero attached hydrogens (tertiary/aromatic N) is 2. The molecule has 1 aliphatic heterocycles. The van der Waals surface area contributed by atoms with E-state index in [2.05, 4.69) is 23.6 Å². The minimum absolute atomic E-state index is 0.630. The first-order valence-corrected chi connectivity index (χ1v) is 6.89. The SMILES string of the molecule is CCOCCN1CCN(CCOCC)[C@H](C)C1. The van der Waals surface area contributed by atoms with Crippen molar-refractivity contribution >= 4 is 0 Å². The van der Waals surface area contributed by atoms with E-state index in [1.165, 1.54) is 0 Å². The van der Waals surface area contributed by atoms with Gasteiger partial charge in [0.2, 0.25) is 0 Å². The van der Waals surface area contributed by atoms with E-state index in [9.17, 15) is 0 Å². The van der Waals surface area contributed by atoms with Gasteiger partial charge < -0.3 is 9.47 Å². The lowest BCUT2D eigenvalue weighted by Gasteiger charge is -2.39. The first kappa shape index (κ1) is 14.9. The van der Waals surface area contributed by atoms with E-state index in [4.69, 9.17) is 9.47 Å². The standard InChI is InChI=1S/C13H28N2O2/c1-4-16-10-8-14-6-7-15(13(3)12-14)9-11-17-5-2/h13H,4-12H2,1-3H3/t13-/m1/s1. The van der Waals surface area contributed by atoms with Gasteiger partial charge in [0.15, 0.2) is 0 Å². The molecule has 4 heteroatoms. The van der Waals surface area contributed by atoms with Crippen molar-refractivity contribution in [2.75, 3.05) is 59.2 Å². The molecule has 1 atom stereocenters. The molecule has 1 saturated heterocycles. The van der Waals surface area contributed by atoms with Crippen LogP contribution < -0.4 is 0 Å². The van der Waals surface area contributed by atoms with Crippen LogP contribution in [0, 0.1) is 0 Å². The van der Waals surface area contributed by atoms with Crippen molar-refractivity contribution in [1.29, 1.82) is 0 Å². The van der Waals surface area contributed by atoms with Crippen LogP contribution in [0.25, 0.3) is 0 Å². The minimum Gasteiger partial charge on any atom is -0.380 e. The number of piperazine rings is 1. The largest absolute Gasteiger partial charge is 0.380 e. The molecule has 0 N–H and O–H groups in total. The number of rotatable bonds is 8. The summed E-state index contributed by atoms with van der Waals surface area (Å²) in [6, 6.07) is 0.630. The highest BCUT2D eigenvalue weighted by Crippen LogP contribution is 2.08. The fourth-order valence-electron chi connectivity index (χ4n) is 2.27. The Balaban J connectivity index is 2.15. The third kappa shape index (κ3) is 5.82. The van der Waals surface area contributed by atoms with Crippen molar-refractivity contribution in [2.45, 2.75) is 26.8 Å². The molecule has 4 nitrogen and oxygen atoms in total. The molecule has 0 aromatic carbocycles. The molecule has 1 fully saturated rings. The summed E-state index contributed by atoms with van der Waals surface area (Å²) in [5.41, 5.74) is 0. The number of hydrogen-bond donors (Lipinski definition) is 0. The topological polar surface area (TPSA) is 24.9 Å². The number of ether oxygens (including phenoxy) is 2. The maximum atomic E-state index is 5.42. The highest BCUT2D eigenvalue weighted by atomic mass is 16.5. The zero-order chi connectivity index (χ0) is 12.5. The van der Waals surface area contributed by atoms with E-state index >= 15 is 0 Å². The zero-order valence-electron chi connectivity index (χ0n) is 11.7. The normalized spacial score (nSPS) is 23.1. The summed E-state index contributed by atoms with van der Waals surface area (Å²) in [4.78, 5) is 5.02. The van der Waals surface area contributed by atoms with Crippen LogP contribution in [0.15, 0.2) is 0 Å². The lowest BCUT2D eigenvalue weighted by atomic mass is 10.2. The Labute approximate surface area is 106 Å². The van der Waals surface area contributed by atoms with Gasteiger partial charge >= 0.3 is 0 Å². The summed E-state index contributed by atoms with van der Waals surface area (Å²) in [5.74, 6) is 0. The van der Waals surface area contributed by atoms with Crippen LogP contribution in [-0.4, -0.2) is 75.0 Å². The summed E-state index contributed by atoms with van der Waals surface area (Å²) >= 11 is 0. The molecule has 0 amide bonds. The van der Waals surface area contributed by atoms with E-state index in [1.54, 1.807) is 0 Å². The molecule has 0 radical (unpaired) electrons. The molecule has 1 rings (SSSR count). The van der Waals surface area contributed by atoms with Crippen LogP contribution in [0.5, 0.6) is 0 Å². The second-order valence-corrected chi connectivity index (χ2v) is 4.58. The summed E-state index contributed by atoms with van der Waals surface area (Å²) in [5, 5.41) is 0. The van der Waals surface area contributed by atoms with E-state index in [-0.39, 0.29) is 0 Å². The molecule has 0 saturated carbocycles. The fourth-order valence-corrected chi connectivity index (χ4v) is 2.27. The van der Waals surface area contributed by atoms with Gasteiger partial charge in [0, 0.05) is 52.0 Å².